The SMILES string of the molecule is CS(=O)(=O)Nc1ccc(C(=O)CCc2ccccc2)cc1. The van der Waals surface area contributed by atoms with Crippen molar-refractivity contribution in [1.29, 1.82) is 0 Å². The second kappa shape index (κ2) is 6.54. The number of nitrogens with one attached hydrogen (secondary N) is 1. The van der Waals surface area contributed by atoms with Crippen molar-refractivity contribution in [3.05, 3.63) is 65.7 Å². The van der Waals surface area contributed by atoms with Gasteiger partial charge in [0.05, 0.1) is 6.26 Å². The molecule has 110 valence electrons. The van der Waals surface area contributed by atoms with Crippen molar-refractivity contribution in [2.75, 3.05) is 11.0 Å². The van der Waals surface area contributed by atoms with E-state index in [1.807, 2.05) is 30.3 Å². The van der Waals surface area contributed by atoms with Gasteiger partial charge in [0.2, 0.25) is 10.0 Å². The van der Waals surface area contributed by atoms with Gasteiger partial charge in [-0.2, -0.15) is 0 Å². The van der Waals surface area contributed by atoms with Crippen LogP contribution in [0.5, 0.6) is 0 Å². The molecule has 2 rings (SSSR count). The van der Waals surface area contributed by atoms with Gasteiger partial charge in [-0.05, 0) is 36.2 Å². The molecule has 0 heterocycles. The standard InChI is InChI=1S/C16H17NO3S/c1-21(19,20)17-15-10-8-14(9-11-15)16(18)12-7-13-5-3-2-4-6-13/h2-6,8-11,17H,7,12H2,1H3. The van der Waals surface area contributed by atoms with Crippen LogP contribution in [0.4, 0.5) is 5.69 Å². The van der Waals surface area contributed by atoms with Gasteiger partial charge in [0.15, 0.2) is 5.78 Å². The predicted octanol–water partition coefficient (Wildman–Crippen LogP) is 2.87. The summed E-state index contributed by atoms with van der Waals surface area (Å²) in [6.45, 7) is 0. The lowest BCUT2D eigenvalue weighted by Crippen LogP contribution is -2.09. The third-order valence-corrected chi connectivity index (χ3v) is 3.60. The molecule has 4 nitrogen and oxygen atoms in total. The van der Waals surface area contributed by atoms with Crippen LogP contribution in [0.2, 0.25) is 0 Å². The Morgan fingerprint density at radius 3 is 2.19 bits per heavy atom. The van der Waals surface area contributed by atoms with Crippen molar-refractivity contribution in [2.45, 2.75) is 12.8 Å². The molecule has 21 heavy (non-hydrogen) atoms. The summed E-state index contributed by atoms with van der Waals surface area (Å²) in [6, 6.07) is 16.3. The summed E-state index contributed by atoms with van der Waals surface area (Å²) >= 11 is 0. The van der Waals surface area contributed by atoms with Gasteiger partial charge in [-0.15, -0.1) is 0 Å². The van der Waals surface area contributed by atoms with Crippen LogP contribution in [0.25, 0.3) is 0 Å². The number of anilines is 1. The average Bonchev–Trinajstić information content (AvgIpc) is 2.45. The Morgan fingerprint density at radius 2 is 1.62 bits per heavy atom. The van der Waals surface area contributed by atoms with Crippen molar-refractivity contribution in [1.82, 2.24) is 0 Å². The number of Topliss-reactive ketones (excluding diaryl/α,β-unsaturated/α-hetero) is 1. The Bertz CT molecular complexity index is 707. The Kier molecular flexibility index (Phi) is 4.75. The molecule has 0 unspecified atom stereocenters. The molecular weight excluding hydrogens is 286 g/mol. The van der Waals surface area contributed by atoms with Crippen molar-refractivity contribution >= 4 is 21.5 Å². The molecule has 0 aliphatic carbocycles. The summed E-state index contributed by atoms with van der Waals surface area (Å²) in [5, 5.41) is 0. The third-order valence-electron chi connectivity index (χ3n) is 2.99. The minimum absolute atomic E-state index is 0.0461. The molecule has 0 aliphatic rings. The van der Waals surface area contributed by atoms with Gasteiger partial charge in [0.25, 0.3) is 0 Å². The first-order valence-electron chi connectivity index (χ1n) is 6.59. The largest absolute Gasteiger partial charge is 0.294 e. The number of sulfonamides is 1. The minimum Gasteiger partial charge on any atom is -0.294 e. The van der Waals surface area contributed by atoms with Gasteiger partial charge in [-0.25, -0.2) is 8.42 Å². The molecular formula is C16H17NO3S. The summed E-state index contributed by atoms with van der Waals surface area (Å²) in [4.78, 5) is 12.1. The number of hydrogen-bond acceptors (Lipinski definition) is 3. The van der Waals surface area contributed by atoms with Gasteiger partial charge in [-0.3, -0.25) is 9.52 Å². The smallest absolute Gasteiger partial charge is 0.229 e. The number of ketones is 1. The van der Waals surface area contributed by atoms with E-state index in [1.165, 1.54) is 0 Å². The predicted molar refractivity (Wildman–Crippen MR) is 84.0 cm³/mol. The van der Waals surface area contributed by atoms with E-state index in [0.717, 1.165) is 11.8 Å². The van der Waals surface area contributed by atoms with Crippen molar-refractivity contribution in [3.8, 4) is 0 Å². The zero-order valence-corrected chi connectivity index (χ0v) is 12.6. The summed E-state index contributed by atoms with van der Waals surface area (Å²) in [7, 11) is -3.29. The van der Waals surface area contributed by atoms with E-state index in [1.54, 1.807) is 24.3 Å². The molecule has 0 aromatic heterocycles. The Morgan fingerprint density at radius 1 is 1.00 bits per heavy atom. The van der Waals surface area contributed by atoms with Crippen LogP contribution in [0, 0.1) is 0 Å². The first kappa shape index (κ1) is 15.3. The maximum atomic E-state index is 12.1. The number of carbonyl (C=O) groups is 1. The van der Waals surface area contributed by atoms with Crippen molar-refractivity contribution < 1.29 is 13.2 Å². The maximum Gasteiger partial charge on any atom is 0.229 e. The Balaban J connectivity index is 1.97. The average molecular weight is 303 g/mol. The first-order valence-corrected chi connectivity index (χ1v) is 8.48. The van der Waals surface area contributed by atoms with Crippen LogP contribution in [0.15, 0.2) is 54.6 Å². The van der Waals surface area contributed by atoms with E-state index < -0.39 is 10.0 Å². The van der Waals surface area contributed by atoms with E-state index in [9.17, 15) is 13.2 Å². The van der Waals surface area contributed by atoms with Crippen LogP contribution in [0.3, 0.4) is 0 Å². The molecule has 0 radical (unpaired) electrons. The molecule has 0 aliphatic heterocycles. The van der Waals surface area contributed by atoms with Crippen LogP contribution >= 0.6 is 0 Å². The first-order chi connectivity index (χ1) is 9.94. The third kappa shape index (κ3) is 5.04. The Labute approximate surface area is 124 Å². The topological polar surface area (TPSA) is 63.2 Å². The van der Waals surface area contributed by atoms with E-state index in [-0.39, 0.29) is 5.78 Å². The second-order valence-corrected chi connectivity index (χ2v) is 6.61. The highest BCUT2D eigenvalue weighted by Gasteiger charge is 2.07. The molecule has 0 bridgehead atoms. The van der Waals surface area contributed by atoms with E-state index in [4.69, 9.17) is 0 Å². The van der Waals surface area contributed by atoms with E-state index >= 15 is 0 Å². The fourth-order valence-electron chi connectivity index (χ4n) is 1.99. The minimum atomic E-state index is -3.29. The molecule has 0 spiro atoms. The monoisotopic (exact) mass is 303 g/mol. The fraction of sp³-hybridized carbons (Fsp3) is 0.188. The number of aryl methyl sites for hydroxylation is 1. The van der Waals surface area contributed by atoms with Gasteiger partial charge in [0, 0.05) is 17.7 Å². The zero-order chi connectivity index (χ0) is 15.3. The van der Waals surface area contributed by atoms with Crippen LogP contribution in [-0.2, 0) is 16.4 Å². The quantitative estimate of drug-likeness (QED) is 0.835. The molecule has 0 atom stereocenters. The van der Waals surface area contributed by atoms with Crippen molar-refractivity contribution in [3.63, 3.8) is 0 Å². The fourth-order valence-corrected chi connectivity index (χ4v) is 2.55. The van der Waals surface area contributed by atoms with E-state index in [2.05, 4.69) is 4.72 Å². The lowest BCUT2D eigenvalue weighted by Gasteiger charge is -2.05. The molecule has 0 saturated heterocycles. The van der Waals surface area contributed by atoms with Gasteiger partial charge in [-0.1, -0.05) is 30.3 Å². The summed E-state index contributed by atoms with van der Waals surface area (Å²) in [5.74, 6) is 0.0461. The Hall–Kier alpha value is -2.14. The summed E-state index contributed by atoms with van der Waals surface area (Å²) < 4.78 is 24.6. The molecule has 0 fully saturated rings. The summed E-state index contributed by atoms with van der Waals surface area (Å²) in [6.07, 6.45) is 2.22. The zero-order valence-electron chi connectivity index (χ0n) is 11.7. The van der Waals surface area contributed by atoms with Gasteiger partial charge >= 0.3 is 0 Å². The summed E-state index contributed by atoms with van der Waals surface area (Å²) in [5.41, 5.74) is 2.17. The van der Waals surface area contributed by atoms with Crippen LogP contribution in [0.1, 0.15) is 22.3 Å². The highest BCUT2D eigenvalue weighted by Crippen LogP contribution is 2.13. The normalized spacial score (nSPS) is 11.1. The lowest BCUT2D eigenvalue weighted by molar-refractivity contribution is 0.0983. The number of rotatable bonds is 6. The number of benzene rings is 2. The highest BCUT2D eigenvalue weighted by atomic mass is 32.2. The maximum absolute atomic E-state index is 12.1. The second-order valence-electron chi connectivity index (χ2n) is 4.86. The molecule has 2 aromatic carbocycles. The molecule has 0 amide bonds. The number of hydrogen-bond donors (Lipinski definition) is 1. The lowest BCUT2D eigenvalue weighted by atomic mass is 10.0. The van der Waals surface area contributed by atoms with Crippen LogP contribution < -0.4 is 4.72 Å². The van der Waals surface area contributed by atoms with E-state index in [0.29, 0.717) is 24.1 Å². The van der Waals surface area contributed by atoms with Crippen molar-refractivity contribution in [2.24, 2.45) is 0 Å². The number of carbonyl (C=O) groups excluding carboxylic acids is 1. The molecule has 0 saturated carbocycles. The van der Waals surface area contributed by atoms with Crippen LogP contribution in [-0.4, -0.2) is 20.5 Å². The van der Waals surface area contributed by atoms with Gasteiger partial charge in [0.1, 0.15) is 0 Å². The molecule has 1 N–H and O–H groups in total. The highest BCUT2D eigenvalue weighted by molar-refractivity contribution is 7.92. The van der Waals surface area contributed by atoms with Gasteiger partial charge < -0.3 is 0 Å². The molecule has 2 aromatic rings. The molecule has 5 heteroatoms.